The minimum atomic E-state index is -1.64. The fourth-order valence-corrected chi connectivity index (χ4v) is 3.08. The molecule has 174 valence electrons. The van der Waals surface area contributed by atoms with Gasteiger partial charge in [0.25, 0.3) is 0 Å². The van der Waals surface area contributed by atoms with Crippen molar-refractivity contribution >= 4 is 33.9 Å². The molecule has 0 bridgehead atoms. The van der Waals surface area contributed by atoms with E-state index in [-0.39, 0.29) is 106 Å². The number of benzene rings is 2. The Labute approximate surface area is 245 Å². The molecule has 0 saturated carbocycles. The number of aromatic carboxylic acids is 2. The smallest absolute Gasteiger partial charge is 0.542 e. The minimum absolute atomic E-state index is 0. The van der Waals surface area contributed by atoms with E-state index in [9.17, 15) is 34.5 Å². The topological polar surface area (TPSA) is 179 Å². The van der Waals surface area contributed by atoms with Crippen LogP contribution in [0.15, 0.2) is 67.0 Å². The molecule has 1 N–H and O–H groups in total. The van der Waals surface area contributed by atoms with Crippen molar-refractivity contribution in [3.05, 3.63) is 80.5 Å². The molecule has 2 aromatic heterocycles. The summed E-state index contributed by atoms with van der Waals surface area (Å²) in [4.78, 5) is 45.8. The zero-order valence-corrected chi connectivity index (χ0v) is 23.1. The van der Waals surface area contributed by atoms with E-state index in [1.807, 2.05) is 0 Å². The number of hydrogen-bond donors (Lipinski definition) is 1. The molecule has 0 amide bonds. The van der Waals surface area contributed by atoms with E-state index in [1.54, 1.807) is 0 Å². The summed E-state index contributed by atoms with van der Waals surface area (Å²) in [6.07, 6.45) is -1.12. The number of rotatable bonds is 8. The van der Waals surface area contributed by atoms with Crippen LogP contribution in [0.4, 0.5) is 0 Å². The summed E-state index contributed by atoms with van der Waals surface area (Å²) in [6, 6.07) is 9.92. The molecule has 36 heavy (non-hydrogen) atoms. The molecule has 2 aromatic carbocycles. The number of fused-ring (bicyclic) bond motifs is 2. The molecule has 0 radical (unpaired) electrons. The molecular weight excluding hydrogens is 498 g/mol. The molecule has 4 aromatic rings. The predicted octanol–water partition coefficient (Wildman–Crippen LogP) is -6.55. The fourth-order valence-electron chi connectivity index (χ4n) is 3.08. The van der Waals surface area contributed by atoms with Gasteiger partial charge in [0, 0.05) is 24.3 Å². The maximum absolute atomic E-state index is 11.9. The summed E-state index contributed by atoms with van der Waals surface area (Å²) in [5.74, 6) is -4.12. The molecular formula is C23H14Na2O11. The van der Waals surface area contributed by atoms with E-state index in [2.05, 4.69) is 0 Å². The number of carbonyl (C=O) groups is 2. The Morgan fingerprint density at radius 3 is 1.50 bits per heavy atom. The van der Waals surface area contributed by atoms with E-state index >= 15 is 0 Å². The number of carboxylic acids is 2. The van der Waals surface area contributed by atoms with Gasteiger partial charge in [-0.05, 0) is 24.3 Å². The summed E-state index contributed by atoms with van der Waals surface area (Å²) >= 11 is 0. The van der Waals surface area contributed by atoms with Crippen molar-refractivity contribution in [1.82, 2.24) is 0 Å². The Morgan fingerprint density at radius 1 is 0.750 bits per heavy atom. The van der Waals surface area contributed by atoms with Gasteiger partial charge in [-0.2, -0.15) is 0 Å². The Kier molecular flexibility index (Phi) is 10.3. The number of carbonyl (C=O) groups excluding carboxylic acids is 2. The van der Waals surface area contributed by atoms with Gasteiger partial charge in [-0.1, -0.05) is 0 Å². The molecule has 0 fully saturated rings. The number of carboxylic acid groups (broad SMARTS) is 2. The average Bonchev–Trinajstić information content (AvgIpc) is 2.80. The molecule has 0 saturated heterocycles. The quantitative estimate of drug-likeness (QED) is 0.222. The Bertz CT molecular complexity index is 1430. The van der Waals surface area contributed by atoms with Crippen LogP contribution in [0.25, 0.3) is 21.9 Å². The maximum Gasteiger partial charge on any atom is 1.00 e. The van der Waals surface area contributed by atoms with Crippen LogP contribution in [0.1, 0.15) is 21.1 Å². The average molecular weight is 512 g/mol. The first kappa shape index (κ1) is 29.6. The molecule has 0 aliphatic rings. The van der Waals surface area contributed by atoms with Crippen LogP contribution in [0, 0.1) is 0 Å². The van der Waals surface area contributed by atoms with Gasteiger partial charge in [0.05, 0.1) is 10.8 Å². The van der Waals surface area contributed by atoms with E-state index in [1.165, 1.54) is 36.4 Å². The van der Waals surface area contributed by atoms with Crippen LogP contribution in [-0.4, -0.2) is 36.4 Å². The van der Waals surface area contributed by atoms with Crippen molar-refractivity contribution in [1.29, 1.82) is 0 Å². The number of ether oxygens (including phenoxy) is 2. The molecule has 0 atom stereocenters. The van der Waals surface area contributed by atoms with E-state index in [0.29, 0.717) is 0 Å². The van der Waals surface area contributed by atoms with Crippen molar-refractivity contribution in [3.8, 4) is 11.5 Å². The maximum atomic E-state index is 11.9. The molecule has 2 heterocycles. The summed E-state index contributed by atoms with van der Waals surface area (Å²) < 4.78 is 21.1. The SMILES string of the molecule is O=C([O-])c1cc(=O)c2ccc(OCC(O)COc3ccc4c(=O)cc(C(=O)[O-])oc4c3)cc2o1.[Na+].[Na+]. The van der Waals surface area contributed by atoms with Crippen molar-refractivity contribution in [2.45, 2.75) is 6.10 Å². The second-order valence-electron chi connectivity index (χ2n) is 7.12. The molecule has 4 rings (SSSR count). The number of aliphatic hydroxyl groups excluding tert-OH is 1. The molecule has 0 unspecified atom stereocenters. The second kappa shape index (κ2) is 12.5. The minimum Gasteiger partial charge on any atom is -0.542 e. The first-order valence-electron chi connectivity index (χ1n) is 9.73. The summed E-state index contributed by atoms with van der Waals surface area (Å²) in [6.45, 7) is -0.458. The second-order valence-corrected chi connectivity index (χ2v) is 7.12. The van der Waals surface area contributed by atoms with Crippen molar-refractivity contribution in [3.63, 3.8) is 0 Å². The van der Waals surface area contributed by atoms with Crippen molar-refractivity contribution in [2.24, 2.45) is 0 Å². The van der Waals surface area contributed by atoms with Gasteiger partial charge in [0.15, 0.2) is 22.4 Å². The van der Waals surface area contributed by atoms with E-state index < -0.39 is 40.4 Å². The molecule has 11 nitrogen and oxygen atoms in total. The van der Waals surface area contributed by atoms with Gasteiger partial charge in [-0.3, -0.25) is 9.59 Å². The third kappa shape index (κ3) is 6.77. The molecule has 0 spiro atoms. The van der Waals surface area contributed by atoms with E-state index in [0.717, 1.165) is 12.1 Å². The van der Waals surface area contributed by atoms with Crippen LogP contribution >= 0.6 is 0 Å². The predicted molar refractivity (Wildman–Crippen MR) is 111 cm³/mol. The standard InChI is InChI=1S/C23H16O11.2Na/c24-11(9-31-12-1-3-14-16(25)7-20(22(27)28)33-18(14)5-12)10-32-13-2-4-15-17(26)8-21(23(29)30)34-19(15)6-13;;/h1-8,11,24H,9-10H2,(H,27,28)(H,29,30);;/q;2*+1/p-2. The first-order chi connectivity index (χ1) is 16.2. The van der Waals surface area contributed by atoms with Gasteiger partial charge in [0.1, 0.15) is 53.9 Å². The number of aliphatic hydroxyl groups is 1. The van der Waals surface area contributed by atoms with Gasteiger partial charge in [-0.25, -0.2) is 0 Å². The summed E-state index contributed by atoms with van der Waals surface area (Å²) in [5, 5.41) is 32.3. The largest absolute Gasteiger partial charge is 1.00 e. The van der Waals surface area contributed by atoms with Crippen molar-refractivity contribution in [2.75, 3.05) is 13.2 Å². The summed E-state index contributed by atoms with van der Waals surface area (Å²) in [7, 11) is 0. The molecule has 13 heteroatoms. The van der Waals surface area contributed by atoms with Gasteiger partial charge in [-0.15, -0.1) is 0 Å². The van der Waals surface area contributed by atoms with Gasteiger partial charge in [0.2, 0.25) is 0 Å². The zero-order valence-electron chi connectivity index (χ0n) is 19.1. The summed E-state index contributed by atoms with van der Waals surface area (Å²) in [5.41, 5.74) is -1.16. The van der Waals surface area contributed by atoms with Crippen molar-refractivity contribution < 1.29 is 102 Å². The third-order valence-corrected chi connectivity index (χ3v) is 4.69. The Balaban J connectivity index is 0.00000228. The molecule has 0 aliphatic heterocycles. The van der Waals surface area contributed by atoms with Gasteiger partial charge >= 0.3 is 59.1 Å². The first-order valence-corrected chi connectivity index (χ1v) is 9.73. The Hall–Kier alpha value is -2.64. The van der Waals surface area contributed by atoms with E-state index in [4.69, 9.17) is 18.3 Å². The van der Waals surface area contributed by atoms with Crippen LogP contribution in [0.2, 0.25) is 0 Å². The fraction of sp³-hybridized carbons (Fsp3) is 0.130. The number of hydrogen-bond acceptors (Lipinski definition) is 11. The van der Waals surface area contributed by atoms with Crippen LogP contribution in [-0.2, 0) is 0 Å². The third-order valence-electron chi connectivity index (χ3n) is 4.69. The van der Waals surface area contributed by atoms with Gasteiger partial charge < -0.3 is 43.2 Å². The normalized spacial score (nSPS) is 10.5. The van der Waals surface area contributed by atoms with Crippen LogP contribution in [0.5, 0.6) is 11.5 Å². The Morgan fingerprint density at radius 2 is 1.14 bits per heavy atom. The van der Waals surface area contributed by atoms with Crippen LogP contribution < -0.4 is 89.7 Å². The monoisotopic (exact) mass is 512 g/mol. The zero-order chi connectivity index (χ0) is 24.4. The van der Waals surface area contributed by atoms with Crippen LogP contribution in [0.3, 0.4) is 0 Å². The molecule has 0 aliphatic carbocycles.